The van der Waals surface area contributed by atoms with E-state index in [9.17, 15) is 9.90 Å². The fourth-order valence-corrected chi connectivity index (χ4v) is 3.84. The zero-order valence-electron chi connectivity index (χ0n) is 9.79. The molecule has 0 spiro atoms. The Bertz CT molecular complexity index is 206. The van der Waals surface area contributed by atoms with E-state index in [-0.39, 0.29) is 0 Å². The van der Waals surface area contributed by atoms with E-state index >= 15 is 0 Å². The van der Waals surface area contributed by atoms with Gasteiger partial charge in [0.1, 0.15) is 4.75 Å². The van der Waals surface area contributed by atoms with Crippen molar-refractivity contribution in [2.75, 3.05) is 0 Å². The lowest BCUT2D eigenvalue weighted by molar-refractivity contribution is -0.140. The lowest BCUT2D eigenvalue weighted by Gasteiger charge is -2.32. The highest BCUT2D eigenvalue weighted by atomic mass is 32.2. The molecule has 0 aromatic heterocycles. The summed E-state index contributed by atoms with van der Waals surface area (Å²) in [5.74, 6) is -0.594. The normalized spacial score (nSPS) is 22.1. The second kappa shape index (κ2) is 5.78. The highest BCUT2D eigenvalue weighted by Crippen LogP contribution is 2.40. The van der Waals surface area contributed by atoms with Crippen LogP contribution < -0.4 is 0 Å². The van der Waals surface area contributed by atoms with Crippen LogP contribution in [0.5, 0.6) is 0 Å². The van der Waals surface area contributed by atoms with Crippen LogP contribution in [0.4, 0.5) is 0 Å². The fraction of sp³-hybridized carbons (Fsp3) is 0.917. The van der Waals surface area contributed by atoms with Gasteiger partial charge in [0.2, 0.25) is 0 Å². The molecule has 0 bridgehead atoms. The topological polar surface area (TPSA) is 37.3 Å². The summed E-state index contributed by atoms with van der Waals surface area (Å²) in [5.41, 5.74) is 0. The van der Waals surface area contributed by atoms with Gasteiger partial charge in [0, 0.05) is 5.25 Å². The molecule has 2 nitrogen and oxygen atoms in total. The average molecular weight is 230 g/mol. The molecule has 0 aromatic carbocycles. The maximum atomic E-state index is 11.5. The molecule has 1 rings (SSSR count). The predicted molar refractivity (Wildman–Crippen MR) is 65.4 cm³/mol. The second-order valence-electron chi connectivity index (χ2n) is 4.73. The minimum atomic E-state index is -0.594. The smallest absolute Gasteiger partial charge is 0.319 e. The largest absolute Gasteiger partial charge is 0.480 e. The molecular formula is C12H22O2S. The van der Waals surface area contributed by atoms with Crippen LogP contribution in [0.25, 0.3) is 0 Å². The summed E-state index contributed by atoms with van der Waals surface area (Å²) >= 11 is 1.65. The lowest BCUT2D eigenvalue weighted by Crippen LogP contribution is -2.37. The van der Waals surface area contributed by atoms with Gasteiger partial charge < -0.3 is 5.11 Å². The van der Waals surface area contributed by atoms with E-state index in [1.54, 1.807) is 11.8 Å². The molecule has 3 heteroatoms. The van der Waals surface area contributed by atoms with Gasteiger partial charge in [-0.05, 0) is 12.8 Å². The highest BCUT2D eigenvalue weighted by Gasteiger charge is 2.39. The van der Waals surface area contributed by atoms with Crippen LogP contribution in [-0.4, -0.2) is 21.1 Å². The first kappa shape index (κ1) is 12.9. The Labute approximate surface area is 96.8 Å². The van der Waals surface area contributed by atoms with Crippen molar-refractivity contribution in [3.63, 3.8) is 0 Å². The molecule has 0 radical (unpaired) electrons. The number of carbonyl (C=O) groups is 1. The molecule has 0 unspecified atom stereocenters. The zero-order chi connectivity index (χ0) is 11.3. The van der Waals surface area contributed by atoms with Crippen molar-refractivity contribution < 1.29 is 9.90 Å². The Balaban J connectivity index is 2.71. The van der Waals surface area contributed by atoms with Gasteiger partial charge in [-0.15, -0.1) is 11.8 Å². The summed E-state index contributed by atoms with van der Waals surface area (Å²) in [4.78, 5) is 11.5. The Hall–Kier alpha value is -0.180. The van der Waals surface area contributed by atoms with E-state index in [2.05, 4.69) is 13.8 Å². The summed E-state index contributed by atoms with van der Waals surface area (Å²) in [6, 6.07) is 0. The van der Waals surface area contributed by atoms with Crippen LogP contribution in [-0.2, 0) is 4.79 Å². The SMILES string of the molecule is CC(C)SC1(C(=O)O)CCCCCCC1. The van der Waals surface area contributed by atoms with E-state index in [4.69, 9.17) is 0 Å². The number of rotatable bonds is 3. The molecule has 1 N–H and O–H groups in total. The van der Waals surface area contributed by atoms with Crippen molar-refractivity contribution >= 4 is 17.7 Å². The second-order valence-corrected chi connectivity index (χ2v) is 6.69. The Morgan fingerprint density at radius 1 is 1.13 bits per heavy atom. The van der Waals surface area contributed by atoms with Crippen molar-refractivity contribution in [1.82, 2.24) is 0 Å². The van der Waals surface area contributed by atoms with E-state index in [0.29, 0.717) is 5.25 Å². The average Bonchev–Trinajstić information content (AvgIpc) is 2.08. The highest BCUT2D eigenvalue weighted by molar-refractivity contribution is 8.01. The molecule has 0 heterocycles. The molecule has 0 saturated heterocycles. The molecule has 1 fully saturated rings. The third kappa shape index (κ3) is 3.71. The van der Waals surface area contributed by atoms with Gasteiger partial charge in [0.25, 0.3) is 0 Å². The number of thioether (sulfide) groups is 1. The molecule has 1 saturated carbocycles. The van der Waals surface area contributed by atoms with Crippen molar-refractivity contribution in [3.8, 4) is 0 Å². The van der Waals surface area contributed by atoms with Crippen molar-refractivity contribution in [2.45, 2.75) is 68.8 Å². The monoisotopic (exact) mass is 230 g/mol. The van der Waals surface area contributed by atoms with Gasteiger partial charge in [-0.2, -0.15) is 0 Å². The Morgan fingerprint density at radius 2 is 1.60 bits per heavy atom. The number of carboxylic acid groups (broad SMARTS) is 1. The third-order valence-corrected chi connectivity index (χ3v) is 4.52. The molecule has 0 aliphatic heterocycles. The molecule has 1 aliphatic carbocycles. The van der Waals surface area contributed by atoms with Crippen LogP contribution in [0.1, 0.15) is 58.8 Å². The van der Waals surface area contributed by atoms with Crippen molar-refractivity contribution in [2.24, 2.45) is 0 Å². The van der Waals surface area contributed by atoms with Gasteiger partial charge in [0.15, 0.2) is 0 Å². The van der Waals surface area contributed by atoms with Crippen LogP contribution >= 0.6 is 11.8 Å². The van der Waals surface area contributed by atoms with E-state index in [0.717, 1.165) is 25.7 Å². The van der Waals surface area contributed by atoms with E-state index < -0.39 is 10.7 Å². The summed E-state index contributed by atoms with van der Waals surface area (Å²) in [6.45, 7) is 4.18. The van der Waals surface area contributed by atoms with Gasteiger partial charge in [-0.25, -0.2) is 0 Å². The number of hydrogen-bond acceptors (Lipinski definition) is 2. The first-order chi connectivity index (χ1) is 7.07. The summed E-state index contributed by atoms with van der Waals surface area (Å²) in [6.07, 6.45) is 7.54. The predicted octanol–water partition coefficient (Wildman–Crippen LogP) is 3.70. The summed E-state index contributed by atoms with van der Waals surface area (Å²) < 4.78 is -0.491. The number of aliphatic carboxylic acids is 1. The molecule has 0 amide bonds. The van der Waals surface area contributed by atoms with Crippen LogP contribution in [0.15, 0.2) is 0 Å². The van der Waals surface area contributed by atoms with Gasteiger partial charge >= 0.3 is 5.97 Å². The van der Waals surface area contributed by atoms with Crippen molar-refractivity contribution in [1.29, 1.82) is 0 Å². The first-order valence-corrected chi connectivity index (χ1v) is 6.86. The quantitative estimate of drug-likeness (QED) is 0.803. The Kier molecular flexibility index (Phi) is 4.97. The standard InChI is InChI=1S/C12H22O2S/c1-10(2)15-12(11(13)14)8-6-4-3-5-7-9-12/h10H,3-9H2,1-2H3,(H,13,14). The summed E-state index contributed by atoms with van der Waals surface area (Å²) in [7, 11) is 0. The summed E-state index contributed by atoms with van der Waals surface area (Å²) in [5, 5.41) is 9.84. The minimum absolute atomic E-state index is 0.403. The van der Waals surface area contributed by atoms with Crippen molar-refractivity contribution in [3.05, 3.63) is 0 Å². The molecule has 15 heavy (non-hydrogen) atoms. The lowest BCUT2D eigenvalue weighted by atomic mass is 9.90. The Morgan fingerprint density at radius 3 is 2.00 bits per heavy atom. The fourth-order valence-electron chi connectivity index (χ4n) is 2.31. The maximum absolute atomic E-state index is 11.5. The molecule has 88 valence electrons. The first-order valence-electron chi connectivity index (χ1n) is 5.98. The number of carboxylic acids is 1. The molecular weight excluding hydrogens is 208 g/mol. The van der Waals surface area contributed by atoms with Gasteiger partial charge in [-0.3, -0.25) is 4.79 Å². The zero-order valence-corrected chi connectivity index (χ0v) is 10.6. The molecule has 0 aromatic rings. The third-order valence-electron chi connectivity index (χ3n) is 3.01. The van der Waals surface area contributed by atoms with E-state index in [1.165, 1.54) is 19.3 Å². The molecule has 1 aliphatic rings. The van der Waals surface area contributed by atoms with Crippen LogP contribution in [0, 0.1) is 0 Å². The van der Waals surface area contributed by atoms with E-state index in [1.807, 2.05) is 0 Å². The minimum Gasteiger partial charge on any atom is -0.480 e. The number of hydrogen-bond donors (Lipinski definition) is 1. The van der Waals surface area contributed by atoms with Gasteiger partial charge in [0.05, 0.1) is 0 Å². The van der Waals surface area contributed by atoms with Gasteiger partial charge in [-0.1, -0.05) is 46.0 Å². The van der Waals surface area contributed by atoms with Crippen LogP contribution in [0.3, 0.4) is 0 Å². The van der Waals surface area contributed by atoms with Crippen LogP contribution in [0.2, 0.25) is 0 Å². The maximum Gasteiger partial charge on any atom is 0.319 e. The molecule has 0 atom stereocenters.